The van der Waals surface area contributed by atoms with Gasteiger partial charge in [-0.1, -0.05) is 24.3 Å². The summed E-state index contributed by atoms with van der Waals surface area (Å²) in [5, 5.41) is 3.56. The molecule has 1 aromatic rings. The Morgan fingerprint density at radius 1 is 1.27 bits per heavy atom. The van der Waals surface area contributed by atoms with Crippen LogP contribution < -0.4 is 5.32 Å². The van der Waals surface area contributed by atoms with Crippen molar-refractivity contribution in [3.8, 4) is 0 Å². The average molecular weight is 195 g/mol. The van der Waals surface area contributed by atoms with Gasteiger partial charge in [0.15, 0.2) is 0 Å². The summed E-state index contributed by atoms with van der Waals surface area (Å²) in [5.74, 6) is 1.36. The summed E-state index contributed by atoms with van der Waals surface area (Å²) in [5.41, 5.74) is 5.88. The Morgan fingerprint density at radius 3 is 3.27 bits per heavy atom. The van der Waals surface area contributed by atoms with Crippen LogP contribution in [0.5, 0.6) is 0 Å². The Hall–Kier alpha value is -1.50. The minimum atomic E-state index is 0.634. The Balaban J connectivity index is 2.02. The lowest BCUT2D eigenvalue weighted by Crippen LogP contribution is -2.19. The zero-order chi connectivity index (χ0) is 9.83. The largest absolute Gasteiger partial charge is 0.358 e. The third-order valence-corrected chi connectivity index (χ3v) is 3.93. The molecular weight excluding hydrogens is 182 g/mol. The van der Waals surface area contributed by atoms with Crippen LogP contribution >= 0.6 is 0 Å². The molecule has 1 nitrogen and oxygen atoms in total. The zero-order valence-electron chi connectivity index (χ0n) is 8.53. The van der Waals surface area contributed by atoms with Crippen molar-refractivity contribution in [2.45, 2.75) is 18.8 Å². The maximum atomic E-state index is 3.56. The predicted octanol–water partition coefficient (Wildman–Crippen LogP) is 3.21. The van der Waals surface area contributed by atoms with E-state index in [0.29, 0.717) is 5.92 Å². The van der Waals surface area contributed by atoms with Gasteiger partial charge in [-0.25, -0.2) is 0 Å². The van der Waals surface area contributed by atoms with E-state index in [1.807, 2.05) is 0 Å². The van der Waals surface area contributed by atoms with Crippen LogP contribution in [0.15, 0.2) is 42.1 Å². The number of hydrogen-bond donors (Lipinski definition) is 1. The predicted molar refractivity (Wildman–Crippen MR) is 61.8 cm³/mol. The molecule has 4 rings (SSSR count). The minimum Gasteiger partial charge on any atom is -0.358 e. The Kier molecular flexibility index (Phi) is 1.31. The van der Waals surface area contributed by atoms with E-state index in [4.69, 9.17) is 0 Å². The highest BCUT2D eigenvalue weighted by Crippen LogP contribution is 2.50. The number of nitrogens with one attached hydrogen (secondary N) is 1. The Morgan fingerprint density at radius 2 is 2.27 bits per heavy atom. The molecule has 0 fully saturated rings. The third-order valence-electron chi connectivity index (χ3n) is 3.93. The zero-order valence-corrected chi connectivity index (χ0v) is 8.53. The molecule has 0 radical (unpaired) electrons. The molecule has 1 heterocycles. The first-order valence-corrected chi connectivity index (χ1v) is 5.71. The first kappa shape index (κ1) is 7.75. The fraction of sp³-hybridized carbons (Fsp3) is 0.286. The molecule has 1 aliphatic heterocycles. The maximum absolute atomic E-state index is 3.56. The molecule has 0 aromatic heterocycles. The SMILES string of the molecule is C1=CC2CCc3cccc4c3C2C(=C1)N4. The van der Waals surface area contributed by atoms with Crippen LogP contribution in [0.3, 0.4) is 0 Å². The van der Waals surface area contributed by atoms with Gasteiger partial charge in [-0.3, -0.25) is 0 Å². The smallest absolute Gasteiger partial charge is 0.0424 e. The van der Waals surface area contributed by atoms with Crippen molar-refractivity contribution in [1.29, 1.82) is 0 Å². The van der Waals surface area contributed by atoms with E-state index < -0.39 is 0 Å². The van der Waals surface area contributed by atoms with Crippen molar-refractivity contribution < 1.29 is 0 Å². The van der Waals surface area contributed by atoms with Crippen molar-refractivity contribution >= 4 is 5.69 Å². The standard InChI is InChI=1S/C14H13N/c1-3-9-7-8-10-4-2-6-12-14(10)13(9)11(5-1)15-12/h1-6,9,13,15H,7-8H2. The monoisotopic (exact) mass is 195 g/mol. The van der Waals surface area contributed by atoms with Gasteiger partial charge in [0, 0.05) is 17.3 Å². The van der Waals surface area contributed by atoms with Crippen LogP contribution in [0, 0.1) is 5.92 Å². The van der Waals surface area contributed by atoms with Gasteiger partial charge in [0.1, 0.15) is 0 Å². The number of anilines is 1. The van der Waals surface area contributed by atoms with Gasteiger partial charge < -0.3 is 5.32 Å². The summed E-state index contributed by atoms with van der Waals surface area (Å²) in [6.07, 6.45) is 9.36. The molecule has 0 saturated heterocycles. The number of allylic oxidation sites excluding steroid dienone is 4. The van der Waals surface area contributed by atoms with Crippen LogP contribution in [0.4, 0.5) is 5.69 Å². The molecule has 0 bridgehead atoms. The molecular formula is C14H13N. The topological polar surface area (TPSA) is 12.0 Å². The molecule has 2 unspecified atom stereocenters. The maximum Gasteiger partial charge on any atom is 0.0424 e. The molecule has 0 amide bonds. The van der Waals surface area contributed by atoms with E-state index in [2.05, 4.69) is 41.7 Å². The van der Waals surface area contributed by atoms with Crippen molar-refractivity contribution in [3.63, 3.8) is 0 Å². The molecule has 15 heavy (non-hydrogen) atoms. The van der Waals surface area contributed by atoms with Gasteiger partial charge in [0.05, 0.1) is 0 Å². The number of aryl methyl sites for hydroxylation is 1. The summed E-state index contributed by atoms with van der Waals surface area (Å²) in [6.45, 7) is 0. The van der Waals surface area contributed by atoms with Gasteiger partial charge in [-0.2, -0.15) is 0 Å². The van der Waals surface area contributed by atoms with Crippen LogP contribution in [-0.2, 0) is 6.42 Å². The minimum absolute atomic E-state index is 0.634. The normalized spacial score (nSPS) is 29.5. The molecule has 1 heteroatoms. The second-order valence-electron chi connectivity index (χ2n) is 4.69. The molecule has 0 spiro atoms. The highest BCUT2D eigenvalue weighted by molar-refractivity contribution is 5.70. The highest BCUT2D eigenvalue weighted by Gasteiger charge is 2.38. The van der Waals surface area contributed by atoms with Gasteiger partial charge in [-0.05, 0) is 42.0 Å². The summed E-state index contributed by atoms with van der Waals surface area (Å²) >= 11 is 0. The third kappa shape index (κ3) is 0.883. The van der Waals surface area contributed by atoms with E-state index in [1.165, 1.54) is 24.2 Å². The summed E-state index contributed by atoms with van der Waals surface area (Å²) in [4.78, 5) is 0. The molecule has 2 atom stereocenters. The van der Waals surface area contributed by atoms with E-state index in [0.717, 1.165) is 5.92 Å². The fourth-order valence-corrected chi connectivity index (χ4v) is 3.28. The van der Waals surface area contributed by atoms with Gasteiger partial charge >= 0.3 is 0 Å². The lowest BCUT2D eigenvalue weighted by molar-refractivity contribution is 0.495. The molecule has 0 saturated carbocycles. The molecule has 2 aliphatic carbocycles. The number of hydrogen-bond acceptors (Lipinski definition) is 1. The van der Waals surface area contributed by atoms with Crippen LogP contribution in [-0.4, -0.2) is 0 Å². The summed E-state index contributed by atoms with van der Waals surface area (Å²) in [6, 6.07) is 6.67. The van der Waals surface area contributed by atoms with Crippen molar-refractivity contribution in [2.24, 2.45) is 5.92 Å². The van der Waals surface area contributed by atoms with Crippen LogP contribution in [0.2, 0.25) is 0 Å². The Labute approximate surface area is 89.5 Å². The second kappa shape index (κ2) is 2.54. The van der Waals surface area contributed by atoms with Gasteiger partial charge in [0.25, 0.3) is 0 Å². The lowest BCUT2D eigenvalue weighted by Gasteiger charge is -2.30. The molecule has 1 aromatic carbocycles. The van der Waals surface area contributed by atoms with Gasteiger partial charge in [-0.15, -0.1) is 0 Å². The van der Waals surface area contributed by atoms with Crippen molar-refractivity contribution in [1.82, 2.24) is 0 Å². The lowest BCUT2D eigenvalue weighted by atomic mass is 9.73. The highest BCUT2D eigenvalue weighted by atomic mass is 14.9. The van der Waals surface area contributed by atoms with Crippen molar-refractivity contribution in [3.05, 3.63) is 53.3 Å². The van der Waals surface area contributed by atoms with E-state index >= 15 is 0 Å². The first-order chi connectivity index (χ1) is 7.43. The van der Waals surface area contributed by atoms with E-state index in [1.54, 1.807) is 11.1 Å². The Bertz CT molecular complexity index is 496. The van der Waals surface area contributed by atoms with E-state index in [9.17, 15) is 0 Å². The van der Waals surface area contributed by atoms with Crippen LogP contribution in [0.1, 0.15) is 23.5 Å². The van der Waals surface area contributed by atoms with Crippen LogP contribution in [0.25, 0.3) is 0 Å². The quantitative estimate of drug-likeness (QED) is 0.670. The molecule has 74 valence electrons. The number of benzene rings is 1. The van der Waals surface area contributed by atoms with E-state index in [-0.39, 0.29) is 0 Å². The summed E-state index contributed by atoms with van der Waals surface area (Å²) in [7, 11) is 0. The fourth-order valence-electron chi connectivity index (χ4n) is 3.28. The molecule has 3 aliphatic rings. The average Bonchev–Trinajstić information content (AvgIpc) is 2.66. The van der Waals surface area contributed by atoms with Crippen molar-refractivity contribution in [2.75, 3.05) is 5.32 Å². The molecule has 1 N–H and O–H groups in total. The first-order valence-electron chi connectivity index (χ1n) is 5.71. The van der Waals surface area contributed by atoms with Gasteiger partial charge in [0.2, 0.25) is 0 Å². The second-order valence-corrected chi connectivity index (χ2v) is 4.69. The number of rotatable bonds is 0. The summed E-state index contributed by atoms with van der Waals surface area (Å²) < 4.78 is 0.